The van der Waals surface area contributed by atoms with Crippen molar-refractivity contribution in [3.63, 3.8) is 0 Å². The molecule has 0 saturated heterocycles. The van der Waals surface area contributed by atoms with Gasteiger partial charge in [-0.2, -0.15) is 5.11 Å². The van der Waals surface area contributed by atoms with Gasteiger partial charge in [-0.15, -0.1) is 5.11 Å². The third-order valence-electron chi connectivity index (χ3n) is 5.55. The van der Waals surface area contributed by atoms with Gasteiger partial charge in [0.1, 0.15) is 17.1 Å². The van der Waals surface area contributed by atoms with E-state index in [9.17, 15) is 24.2 Å². The van der Waals surface area contributed by atoms with Gasteiger partial charge in [-0.1, -0.05) is 18.2 Å². The molecule has 3 aromatic carbocycles. The Morgan fingerprint density at radius 1 is 1.00 bits per heavy atom. The van der Waals surface area contributed by atoms with Gasteiger partial charge in [0.2, 0.25) is 0 Å². The lowest BCUT2D eigenvalue weighted by Crippen LogP contribution is -2.14. The summed E-state index contributed by atoms with van der Waals surface area (Å²) in [5.41, 5.74) is 2.90. The van der Waals surface area contributed by atoms with Crippen LogP contribution in [0.4, 0.5) is 15.8 Å². The van der Waals surface area contributed by atoms with Crippen LogP contribution < -0.4 is 5.56 Å². The maximum atomic E-state index is 14.4. The number of H-pyrrole nitrogens is 1. The summed E-state index contributed by atoms with van der Waals surface area (Å²) < 4.78 is 15.8. The van der Waals surface area contributed by atoms with E-state index in [1.165, 1.54) is 16.8 Å². The summed E-state index contributed by atoms with van der Waals surface area (Å²) in [5, 5.41) is 30.7. The molecule has 0 aliphatic heterocycles. The first-order valence-corrected chi connectivity index (χ1v) is 10.3. The molecule has 1 heterocycles. The quantitative estimate of drug-likeness (QED) is 0.330. The van der Waals surface area contributed by atoms with E-state index >= 15 is 0 Å². The third-order valence-corrected chi connectivity index (χ3v) is 5.55. The molecule has 9 heteroatoms. The van der Waals surface area contributed by atoms with Crippen molar-refractivity contribution in [2.24, 2.45) is 10.2 Å². The average Bonchev–Trinajstić information content (AvgIpc) is 3.07. The molecule has 3 N–H and O–H groups in total. The molecule has 0 saturated carbocycles. The second kappa shape index (κ2) is 8.78. The minimum atomic E-state index is -1.38. The smallest absolute Gasteiger partial charge is 0.339 e. The number of hydrogen-bond donors (Lipinski definition) is 3. The van der Waals surface area contributed by atoms with E-state index in [1.807, 2.05) is 32.0 Å². The lowest BCUT2D eigenvalue weighted by atomic mass is 10.00. The summed E-state index contributed by atoms with van der Waals surface area (Å²) in [4.78, 5) is 24.2. The zero-order valence-electron chi connectivity index (χ0n) is 18.6. The first-order chi connectivity index (χ1) is 16.2. The fraction of sp³-hybridized carbons (Fsp3) is 0.120. The second-order valence-corrected chi connectivity index (χ2v) is 7.87. The molecule has 0 aliphatic carbocycles. The Hall–Kier alpha value is -4.53. The van der Waals surface area contributed by atoms with Crippen LogP contribution in [0.15, 0.2) is 69.6 Å². The first kappa shape index (κ1) is 22.7. The van der Waals surface area contributed by atoms with Gasteiger partial charge >= 0.3 is 5.97 Å². The number of azo groups is 1. The number of carbonyl (C=O) groups is 1. The van der Waals surface area contributed by atoms with Crippen molar-refractivity contribution >= 4 is 17.3 Å². The molecule has 4 rings (SSSR count). The number of aromatic nitrogens is 2. The average molecular weight is 460 g/mol. The number of hydrogen-bond acceptors (Lipinski definition) is 5. The summed E-state index contributed by atoms with van der Waals surface area (Å²) >= 11 is 0. The van der Waals surface area contributed by atoms with Gasteiger partial charge in [-0.25, -0.2) is 13.9 Å². The molecule has 172 valence electrons. The molecule has 1 aromatic heterocycles. The van der Waals surface area contributed by atoms with Crippen molar-refractivity contribution in [1.29, 1.82) is 0 Å². The Morgan fingerprint density at radius 3 is 2.47 bits per heavy atom. The van der Waals surface area contributed by atoms with Gasteiger partial charge in [-0.3, -0.25) is 9.89 Å². The van der Waals surface area contributed by atoms with Crippen LogP contribution in [0.5, 0.6) is 5.75 Å². The number of aryl methyl sites for hydroxylation is 3. The molecule has 0 aliphatic rings. The molecular weight excluding hydrogens is 439 g/mol. The topological polar surface area (TPSA) is 120 Å². The zero-order valence-corrected chi connectivity index (χ0v) is 18.6. The van der Waals surface area contributed by atoms with Crippen LogP contribution in [0.2, 0.25) is 0 Å². The monoisotopic (exact) mass is 460 g/mol. The van der Waals surface area contributed by atoms with Crippen LogP contribution in [-0.2, 0) is 0 Å². The number of benzene rings is 3. The highest BCUT2D eigenvalue weighted by Crippen LogP contribution is 2.36. The molecule has 0 radical (unpaired) electrons. The Balaban J connectivity index is 1.71. The van der Waals surface area contributed by atoms with Crippen molar-refractivity contribution in [2.45, 2.75) is 20.8 Å². The lowest BCUT2D eigenvalue weighted by molar-refractivity contribution is 0.0693. The molecule has 0 amide bonds. The number of nitrogens with one attached hydrogen (secondary N) is 1. The number of aromatic carboxylic acids is 1. The molecule has 0 unspecified atom stereocenters. The van der Waals surface area contributed by atoms with E-state index in [-0.39, 0.29) is 28.1 Å². The van der Waals surface area contributed by atoms with Gasteiger partial charge in [-0.05, 0) is 73.9 Å². The summed E-state index contributed by atoms with van der Waals surface area (Å²) in [7, 11) is 0. The van der Waals surface area contributed by atoms with Gasteiger partial charge in [0.05, 0.1) is 22.6 Å². The standard InChI is InChI=1S/C25H21FN4O4/c1-13-7-8-18(11-14(13)2)30-24(32)22(15(3)29-30)28-27-17-6-4-5-16(12-17)21-20(26)10-9-19(23(21)31)25(33)34/h4-12,29,31H,1-3H3,(H,33,34). The van der Waals surface area contributed by atoms with Gasteiger partial charge < -0.3 is 10.2 Å². The van der Waals surface area contributed by atoms with Crippen LogP contribution in [0, 0.1) is 26.6 Å². The predicted molar refractivity (Wildman–Crippen MR) is 125 cm³/mol. The Bertz CT molecular complexity index is 1520. The highest BCUT2D eigenvalue weighted by Gasteiger charge is 2.19. The number of aromatic amines is 1. The highest BCUT2D eigenvalue weighted by atomic mass is 19.1. The van der Waals surface area contributed by atoms with E-state index < -0.39 is 23.1 Å². The number of rotatable bonds is 5. The van der Waals surface area contributed by atoms with Crippen molar-refractivity contribution in [2.75, 3.05) is 0 Å². The van der Waals surface area contributed by atoms with Crippen LogP contribution in [0.25, 0.3) is 16.8 Å². The summed E-state index contributed by atoms with van der Waals surface area (Å²) in [5.74, 6) is -2.84. The van der Waals surface area contributed by atoms with Gasteiger partial charge in [0, 0.05) is 0 Å². The minimum Gasteiger partial charge on any atom is -0.506 e. The lowest BCUT2D eigenvalue weighted by Gasteiger charge is -2.09. The van der Waals surface area contributed by atoms with E-state index in [0.29, 0.717) is 11.4 Å². The Morgan fingerprint density at radius 2 is 1.76 bits per heavy atom. The van der Waals surface area contributed by atoms with Crippen LogP contribution in [-0.4, -0.2) is 26.0 Å². The molecule has 4 aromatic rings. The molecule has 34 heavy (non-hydrogen) atoms. The van der Waals surface area contributed by atoms with Crippen molar-refractivity contribution in [3.8, 4) is 22.6 Å². The van der Waals surface area contributed by atoms with Crippen LogP contribution in [0.1, 0.15) is 27.2 Å². The number of aromatic hydroxyl groups is 1. The molecule has 0 spiro atoms. The maximum Gasteiger partial charge on any atom is 0.339 e. The normalized spacial score (nSPS) is 11.3. The number of carboxylic acid groups (broad SMARTS) is 1. The number of halogens is 1. The number of phenols is 1. The molecule has 0 fully saturated rings. The van der Waals surface area contributed by atoms with Crippen molar-refractivity contribution in [3.05, 3.63) is 93.2 Å². The molecule has 0 atom stereocenters. The van der Waals surface area contributed by atoms with E-state index in [2.05, 4.69) is 15.3 Å². The van der Waals surface area contributed by atoms with Gasteiger partial charge in [0.15, 0.2) is 5.69 Å². The third kappa shape index (κ3) is 4.11. The summed E-state index contributed by atoms with van der Waals surface area (Å²) in [6.07, 6.45) is 0. The first-order valence-electron chi connectivity index (χ1n) is 10.3. The summed E-state index contributed by atoms with van der Waals surface area (Å²) in [6.45, 7) is 5.65. The minimum absolute atomic E-state index is 0.116. The Labute approximate surface area is 193 Å². The van der Waals surface area contributed by atoms with E-state index in [1.54, 1.807) is 19.1 Å². The van der Waals surface area contributed by atoms with Crippen molar-refractivity contribution in [1.82, 2.24) is 9.78 Å². The molecule has 0 bridgehead atoms. The van der Waals surface area contributed by atoms with Crippen LogP contribution >= 0.6 is 0 Å². The maximum absolute atomic E-state index is 14.4. The summed E-state index contributed by atoms with van der Waals surface area (Å²) in [6, 6.07) is 13.7. The van der Waals surface area contributed by atoms with Crippen molar-refractivity contribution < 1.29 is 19.4 Å². The van der Waals surface area contributed by atoms with E-state index in [0.717, 1.165) is 23.3 Å². The number of carboxylic acids is 1. The molecular formula is C25H21FN4O4. The SMILES string of the molecule is Cc1ccc(-n2[nH]c(C)c(N=Nc3cccc(-c4c(F)ccc(C(=O)O)c4O)c3)c2=O)cc1C. The molecule has 8 nitrogen and oxygen atoms in total. The fourth-order valence-electron chi connectivity index (χ4n) is 3.55. The second-order valence-electron chi connectivity index (χ2n) is 7.87. The van der Waals surface area contributed by atoms with E-state index in [4.69, 9.17) is 0 Å². The highest BCUT2D eigenvalue weighted by molar-refractivity contribution is 5.94. The fourth-order valence-corrected chi connectivity index (χ4v) is 3.55. The van der Waals surface area contributed by atoms with Gasteiger partial charge in [0.25, 0.3) is 5.56 Å². The van der Waals surface area contributed by atoms with Crippen LogP contribution in [0.3, 0.4) is 0 Å². The largest absolute Gasteiger partial charge is 0.506 e. The predicted octanol–water partition coefficient (Wildman–Crippen LogP) is 5.72. The zero-order chi connectivity index (χ0) is 24.6. The Kier molecular flexibility index (Phi) is 5.85. The number of nitrogens with zero attached hydrogens (tertiary/aromatic N) is 3.